The molecular weight excluding hydrogens is 339 g/mol. The molecule has 1 aliphatic carbocycles. The van der Waals surface area contributed by atoms with Gasteiger partial charge in [-0.15, -0.1) is 0 Å². The lowest BCUT2D eigenvalue weighted by Gasteiger charge is -2.19. The van der Waals surface area contributed by atoms with Gasteiger partial charge in [0.15, 0.2) is 0 Å². The van der Waals surface area contributed by atoms with Crippen molar-refractivity contribution in [3.63, 3.8) is 0 Å². The molecule has 0 aromatic heterocycles. The van der Waals surface area contributed by atoms with E-state index < -0.39 is 11.7 Å². The second kappa shape index (κ2) is 6.32. The maximum absolute atomic E-state index is 13.7. The van der Waals surface area contributed by atoms with E-state index in [1.165, 1.54) is 6.07 Å². The molecule has 0 aliphatic heterocycles. The fourth-order valence-electron chi connectivity index (χ4n) is 1.95. The van der Waals surface area contributed by atoms with Crippen LogP contribution in [0, 0.1) is 5.82 Å². The third kappa shape index (κ3) is 5.28. The van der Waals surface area contributed by atoms with Gasteiger partial charge in [0.2, 0.25) is 0 Å². The molecule has 0 saturated heterocycles. The van der Waals surface area contributed by atoms with E-state index in [4.69, 9.17) is 4.74 Å². The smallest absolute Gasteiger partial charge is 0.407 e. The molecule has 6 heteroatoms. The summed E-state index contributed by atoms with van der Waals surface area (Å²) in [5.74, 6) is -0.242. The molecule has 1 saturated carbocycles. The van der Waals surface area contributed by atoms with Gasteiger partial charge < -0.3 is 15.4 Å². The Kier molecular flexibility index (Phi) is 4.88. The molecule has 1 aromatic carbocycles. The van der Waals surface area contributed by atoms with Gasteiger partial charge in [0.25, 0.3) is 0 Å². The molecule has 0 bridgehead atoms. The molecule has 116 valence electrons. The lowest BCUT2D eigenvalue weighted by molar-refractivity contribution is 0.0522. The summed E-state index contributed by atoms with van der Waals surface area (Å²) in [5.41, 5.74) is 0.115. The van der Waals surface area contributed by atoms with Crippen molar-refractivity contribution in [3.8, 4) is 0 Å². The molecule has 1 fully saturated rings. The summed E-state index contributed by atoms with van der Waals surface area (Å²) in [4.78, 5) is 11.6. The average molecular weight is 359 g/mol. The quantitative estimate of drug-likeness (QED) is 0.867. The third-order valence-corrected chi connectivity index (χ3v) is 3.56. The standard InChI is InChI=1S/C15H20BrFN2O2/c1-15(2,3)21-14(20)19-13-7-12(13)18-8-9-4-5-10(16)6-11(9)17/h4-6,12-13,18H,7-8H2,1-3H3,(H,19,20). The topological polar surface area (TPSA) is 50.4 Å². The summed E-state index contributed by atoms with van der Waals surface area (Å²) in [6.45, 7) is 5.92. The van der Waals surface area contributed by atoms with Gasteiger partial charge in [-0.05, 0) is 39.3 Å². The number of alkyl carbamates (subject to hydrolysis) is 1. The number of halogens is 2. The van der Waals surface area contributed by atoms with E-state index in [2.05, 4.69) is 26.6 Å². The fraction of sp³-hybridized carbons (Fsp3) is 0.533. The van der Waals surface area contributed by atoms with Gasteiger partial charge in [-0.3, -0.25) is 0 Å². The van der Waals surface area contributed by atoms with Crippen molar-refractivity contribution in [2.45, 2.75) is 51.4 Å². The van der Waals surface area contributed by atoms with E-state index in [1.807, 2.05) is 26.8 Å². The minimum absolute atomic E-state index is 0.0540. The van der Waals surface area contributed by atoms with E-state index in [1.54, 1.807) is 6.07 Å². The lowest BCUT2D eigenvalue weighted by atomic mass is 10.2. The van der Waals surface area contributed by atoms with Crippen molar-refractivity contribution < 1.29 is 13.9 Å². The molecule has 1 amide bonds. The highest BCUT2D eigenvalue weighted by Gasteiger charge is 2.38. The van der Waals surface area contributed by atoms with E-state index in [0.717, 1.165) is 10.9 Å². The largest absolute Gasteiger partial charge is 0.444 e. The van der Waals surface area contributed by atoms with Crippen LogP contribution in [0.2, 0.25) is 0 Å². The summed E-state index contributed by atoms with van der Waals surface area (Å²) in [7, 11) is 0. The Morgan fingerprint density at radius 3 is 2.76 bits per heavy atom. The first-order chi connectivity index (χ1) is 9.74. The van der Waals surface area contributed by atoms with Crippen LogP contribution in [0.1, 0.15) is 32.8 Å². The molecule has 4 nitrogen and oxygen atoms in total. The minimum Gasteiger partial charge on any atom is -0.444 e. The number of amides is 1. The van der Waals surface area contributed by atoms with Crippen LogP contribution in [-0.2, 0) is 11.3 Å². The van der Waals surface area contributed by atoms with Gasteiger partial charge in [0.1, 0.15) is 11.4 Å². The predicted molar refractivity (Wildman–Crippen MR) is 82.5 cm³/mol. The summed E-state index contributed by atoms with van der Waals surface area (Å²) in [6, 6.07) is 5.22. The Labute approximate surface area is 132 Å². The van der Waals surface area contributed by atoms with Crippen molar-refractivity contribution in [2.24, 2.45) is 0 Å². The average Bonchev–Trinajstić information content (AvgIpc) is 3.03. The molecule has 0 heterocycles. The number of rotatable bonds is 4. The van der Waals surface area contributed by atoms with Gasteiger partial charge in [0.05, 0.1) is 0 Å². The molecule has 1 aromatic rings. The number of nitrogens with one attached hydrogen (secondary N) is 2. The molecule has 21 heavy (non-hydrogen) atoms. The number of ether oxygens (including phenoxy) is 1. The highest BCUT2D eigenvalue weighted by Crippen LogP contribution is 2.23. The van der Waals surface area contributed by atoms with Crippen LogP contribution in [0.25, 0.3) is 0 Å². The minimum atomic E-state index is -0.498. The number of hydrogen-bond acceptors (Lipinski definition) is 3. The highest BCUT2D eigenvalue weighted by molar-refractivity contribution is 9.10. The molecule has 2 rings (SSSR count). The maximum Gasteiger partial charge on any atom is 0.407 e. The van der Waals surface area contributed by atoms with E-state index in [-0.39, 0.29) is 17.9 Å². The van der Waals surface area contributed by atoms with E-state index >= 15 is 0 Å². The third-order valence-electron chi connectivity index (χ3n) is 3.06. The summed E-state index contributed by atoms with van der Waals surface area (Å²) in [5, 5.41) is 6.02. The van der Waals surface area contributed by atoms with Crippen LogP contribution in [0.15, 0.2) is 22.7 Å². The van der Waals surface area contributed by atoms with Crippen LogP contribution in [0.4, 0.5) is 9.18 Å². The van der Waals surface area contributed by atoms with Gasteiger partial charge in [-0.2, -0.15) is 0 Å². The molecule has 1 aliphatic rings. The van der Waals surface area contributed by atoms with Crippen molar-refractivity contribution in [3.05, 3.63) is 34.1 Å². The van der Waals surface area contributed by atoms with E-state index in [9.17, 15) is 9.18 Å². The predicted octanol–water partition coefficient (Wildman–Crippen LogP) is 3.34. The number of benzene rings is 1. The highest BCUT2D eigenvalue weighted by atomic mass is 79.9. The number of carbonyl (C=O) groups excluding carboxylic acids is 1. The molecule has 0 radical (unpaired) electrons. The van der Waals surface area contributed by atoms with Gasteiger partial charge in [0, 0.05) is 28.7 Å². The van der Waals surface area contributed by atoms with Gasteiger partial charge in [-0.25, -0.2) is 9.18 Å². The zero-order valence-electron chi connectivity index (χ0n) is 12.4. The summed E-state index contributed by atoms with van der Waals surface area (Å²) < 4.78 is 19.6. The molecule has 2 atom stereocenters. The molecule has 2 N–H and O–H groups in total. The Morgan fingerprint density at radius 1 is 1.43 bits per heavy atom. The van der Waals surface area contributed by atoms with Crippen LogP contribution < -0.4 is 10.6 Å². The number of carbonyl (C=O) groups is 1. The van der Waals surface area contributed by atoms with Crippen LogP contribution in [0.5, 0.6) is 0 Å². The Morgan fingerprint density at radius 2 is 2.14 bits per heavy atom. The molecular formula is C15H20BrFN2O2. The van der Waals surface area contributed by atoms with Gasteiger partial charge in [-0.1, -0.05) is 22.0 Å². The van der Waals surface area contributed by atoms with Crippen molar-refractivity contribution in [1.29, 1.82) is 0 Å². The molecule has 2 unspecified atom stereocenters. The first-order valence-corrected chi connectivity index (χ1v) is 7.71. The Hall–Kier alpha value is -1.14. The first-order valence-electron chi connectivity index (χ1n) is 6.91. The van der Waals surface area contributed by atoms with Crippen LogP contribution in [0.3, 0.4) is 0 Å². The normalized spacial score (nSPS) is 21.0. The first kappa shape index (κ1) is 16.2. The van der Waals surface area contributed by atoms with Crippen LogP contribution in [-0.4, -0.2) is 23.8 Å². The Balaban J connectivity index is 1.74. The summed E-state index contributed by atoms with van der Waals surface area (Å²) in [6.07, 6.45) is 0.420. The molecule has 0 spiro atoms. The fourth-order valence-corrected chi connectivity index (χ4v) is 2.28. The Bertz CT molecular complexity index is 531. The van der Waals surface area contributed by atoms with Crippen molar-refractivity contribution >= 4 is 22.0 Å². The van der Waals surface area contributed by atoms with E-state index in [0.29, 0.717) is 12.1 Å². The zero-order chi connectivity index (χ0) is 15.6. The van der Waals surface area contributed by atoms with Crippen molar-refractivity contribution in [2.75, 3.05) is 0 Å². The summed E-state index contributed by atoms with van der Waals surface area (Å²) >= 11 is 3.23. The lowest BCUT2D eigenvalue weighted by Crippen LogP contribution is -2.36. The van der Waals surface area contributed by atoms with Crippen molar-refractivity contribution in [1.82, 2.24) is 10.6 Å². The maximum atomic E-state index is 13.7. The SMILES string of the molecule is CC(C)(C)OC(=O)NC1CC1NCc1ccc(Br)cc1F. The van der Waals surface area contributed by atoms with Gasteiger partial charge >= 0.3 is 6.09 Å². The monoisotopic (exact) mass is 358 g/mol. The van der Waals surface area contributed by atoms with Crippen LogP contribution >= 0.6 is 15.9 Å². The zero-order valence-corrected chi connectivity index (χ0v) is 14.0. The number of hydrogen-bond donors (Lipinski definition) is 2. The second-order valence-electron chi connectivity index (χ2n) is 6.21. The second-order valence-corrected chi connectivity index (χ2v) is 7.13.